The minimum absolute atomic E-state index is 0.303. The Morgan fingerprint density at radius 3 is 2.77 bits per heavy atom. The van der Waals surface area contributed by atoms with Crippen LogP contribution in [0.3, 0.4) is 0 Å². The summed E-state index contributed by atoms with van der Waals surface area (Å²) in [6.45, 7) is 0.303. The molecule has 1 unspecified atom stereocenters. The van der Waals surface area contributed by atoms with Crippen molar-refractivity contribution in [3.8, 4) is 0 Å². The van der Waals surface area contributed by atoms with Gasteiger partial charge in [0, 0.05) is 12.6 Å². The van der Waals surface area contributed by atoms with Crippen LogP contribution in [-0.4, -0.2) is 36.9 Å². The van der Waals surface area contributed by atoms with Gasteiger partial charge < -0.3 is 15.2 Å². The fraction of sp³-hybridized carbons (Fsp3) is 0.889. The first-order valence-corrected chi connectivity index (χ1v) is 4.73. The van der Waals surface area contributed by atoms with Crippen LogP contribution in [0.4, 0.5) is 0 Å². The van der Waals surface area contributed by atoms with E-state index < -0.39 is 12.1 Å². The average molecular weight is 187 g/mol. The molecule has 0 aromatic heterocycles. The summed E-state index contributed by atoms with van der Waals surface area (Å²) in [5, 5.41) is 12.4. The molecule has 2 N–H and O–H groups in total. The molecule has 0 heterocycles. The fourth-order valence-corrected chi connectivity index (χ4v) is 1.63. The molecule has 1 rings (SSSR count). The highest BCUT2D eigenvalue weighted by atomic mass is 16.5. The summed E-state index contributed by atoms with van der Waals surface area (Å²) in [6.07, 6.45) is 3.75. The van der Waals surface area contributed by atoms with E-state index in [0.717, 1.165) is 12.8 Å². The summed E-state index contributed by atoms with van der Waals surface area (Å²) < 4.78 is 4.40. The van der Waals surface area contributed by atoms with Crippen molar-refractivity contribution >= 4 is 5.97 Å². The Labute approximate surface area is 78.3 Å². The highest BCUT2D eigenvalue weighted by Crippen LogP contribution is 2.17. The third-order valence-corrected chi connectivity index (χ3v) is 2.43. The van der Waals surface area contributed by atoms with Gasteiger partial charge in [-0.1, -0.05) is 12.8 Å². The van der Waals surface area contributed by atoms with Crippen LogP contribution >= 0.6 is 0 Å². The van der Waals surface area contributed by atoms with Crippen molar-refractivity contribution in [2.24, 2.45) is 0 Å². The summed E-state index contributed by atoms with van der Waals surface area (Å²) in [5.41, 5.74) is 0. The molecule has 4 heteroatoms. The van der Waals surface area contributed by atoms with E-state index in [1.165, 1.54) is 20.0 Å². The van der Waals surface area contributed by atoms with Crippen molar-refractivity contribution in [2.75, 3.05) is 13.7 Å². The number of aliphatic hydroxyl groups is 1. The molecule has 0 aliphatic heterocycles. The highest BCUT2D eigenvalue weighted by molar-refractivity contribution is 5.74. The number of carbonyl (C=O) groups is 1. The Morgan fingerprint density at radius 2 is 2.23 bits per heavy atom. The summed E-state index contributed by atoms with van der Waals surface area (Å²) in [5.74, 6) is -0.564. The Balaban J connectivity index is 2.13. The highest BCUT2D eigenvalue weighted by Gasteiger charge is 2.19. The number of esters is 1. The molecule has 0 saturated heterocycles. The molecule has 1 fully saturated rings. The molecular weight excluding hydrogens is 170 g/mol. The van der Waals surface area contributed by atoms with Gasteiger partial charge in [-0.15, -0.1) is 0 Å². The maximum atomic E-state index is 10.8. The van der Waals surface area contributed by atoms with Crippen molar-refractivity contribution in [1.82, 2.24) is 5.32 Å². The number of carbonyl (C=O) groups excluding carboxylic acids is 1. The SMILES string of the molecule is COC(=O)C(O)CNC1CCCC1. The Bertz CT molecular complexity index is 166. The molecule has 1 aliphatic carbocycles. The summed E-state index contributed by atoms with van der Waals surface area (Å²) in [6, 6.07) is 0.472. The van der Waals surface area contributed by atoms with E-state index in [1.54, 1.807) is 0 Å². The third kappa shape index (κ3) is 3.32. The molecule has 0 radical (unpaired) electrons. The van der Waals surface area contributed by atoms with E-state index in [1.807, 2.05) is 0 Å². The second-order valence-corrected chi connectivity index (χ2v) is 3.43. The Morgan fingerprint density at radius 1 is 1.62 bits per heavy atom. The zero-order valence-corrected chi connectivity index (χ0v) is 7.95. The van der Waals surface area contributed by atoms with Crippen LogP contribution in [0.25, 0.3) is 0 Å². The first-order valence-electron chi connectivity index (χ1n) is 4.73. The second kappa shape index (κ2) is 5.19. The molecule has 13 heavy (non-hydrogen) atoms. The molecule has 1 saturated carbocycles. The molecule has 1 aliphatic rings. The van der Waals surface area contributed by atoms with E-state index in [9.17, 15) is 9.90 Å². The largest absolute Gasteiger partial charge is 0.467 e. The lowest BCUT2D eigenvalue weighted by molar-refractivity contribution is -0.150. The number of ether oxygens (including phenoxy) is 1. The minimum atomic E-state index is -1.02. The first kappa shape index (κ1) is 10.5. The van der Waals surface area contributed by atoms with Crippen LogP contribution < -0.4 is 5.32 Å². The van der Waals surface area contributed by atoms with E-state index in [4.69, 9.17) is 0 Å². The van der Waals surface area contributed by atoms with Gasteiger partial charge in [-0.25, -0.2) is 4.79 Å². The minimum Gasteiger partial charge on any atom is -0.467 e. The maximum Gasteiger partial charge on any atom is 0.336 e. The zero-order chi connectivity index (χ0) is 9.68. The van der Waals surface area contributed by atoms with Crippen molar-refractivity contribution in [3.63, 3.8) is 0 Å². The Hall–Kier alpha value is -0.610. The molecule has 1 atom stereocenters. The summed E-state index contributed by atoms with van der Waals surface area (Å²) >= 11 is 0. The van der Waals surface area contributed by atoms with E-state index in [0.29, 0.717) is 12.6 Å². The van der Waals surface area contributed by atoms with Crippen LogP contribution in [0, 0.1) is 0 Å². The second-order valence-electron chi connectivity index (χ2n) is 3.43. The number of rotatable bonds is 4. The topological polar surface area (TPSA) is 58.6 Å². The fourth-order valence-electron chi connectivity index (χ4n) is 1.63. The third-order valence-electron chi connectivity index (χ3n) is 2.43. The predicted molar refractivity (Wildman–Crippen MR) is 48.3 cm³/mol. The van der Waals surface area contributed by atoms with Crippen molar-refractivity contribution < 1.29 is 14.6 Å². The molecule has 0 amide bonds. The van der Waals surface area contributed by atoms with Gasteiger partial charge in [-0.05, 0) is 12.8 Å². The number of hydrogen-bond acceptors (Lipinski definition) is 4. The summed E-state index contributed by atoms with van der Waals surface area (Å²) in [7, 11) is 1.28. The van der Waals surface area contributed by atoms with Crippen LogP contribution in [0.15, 0.2) is 0 Å². The van der Waals surface area contributed by atoms with Crippen LogP contribution in [0.1, 0.15) is 25.7 Å². The average Bonchev–Trinajstić information content (AvgIpc) is 2.65. The van der Waals surface area contributed by atoms with Crippen LogP contribution in [0.2, 0.25) is 0 Å². The maximum absolute atomic E-state index is 10.8. The van der Waals surface area contributed by atoms with E-state index >= 15 is 0 Å². The number of aliphatic hydroxyl groups excluding tert-OH is 1. The molecule has 0 spiro atoms. The lowest BCUT2D eigenvalue weighted by Gasteiger charge is -2.14. The van der Waals surface area contributed by atoms with Crippen molar-refractivity contribution in [3.05, 3.63) is 0 Å². The lowest BCUT2D eigenvalue weighted by Crippen LogP contribution is -2.38. The standard InChI is InChI=1S/C9H17NO3/c1-13-9(12)8(11)6-10-7-4-2-3-5-7/h7-8,10-11H,2-6H2,1H3. The number of hydrogen-bond donors (Lipinski definition) is 2. The van der Waals surface area contributed by atoms with Gasteiger partial charge in [-0.3, -0.25) is 0 Å². The van der Waals surface area contributed by atoms with E-state index in [-0.39, 0.29) is 0 Å². The number of nitrogens with one attached hydrogen (secondary N) is 1. The van der Waals surface area contributed by atoms with Crippen molar-refractivity contribution in [1.29, 1.82) is 0 Å². The van der Waals surface area contributed by atoms with E-state index in [2.05, 4.69) is 10.1 Å². The van der Waals surface area contributed by atoms with Gasteiger partial charge >= 0.3 is 5.97 Å². The van der Waals surface area contributed by atoms with Crippen molar-refractivity contribution in [2.45, 2.75) is 37.8 Å². The quantitative estimate of drug-likeness (QED) is 0.611. The van der Waals surface area contributed by atoms with Crippen LogP contribution in [-0.2, 0) is 9.53 Å². The monoisotopic (exact) mass is 187 g/mol. The smallest absolute Gasteiger partial charge is 0.336 e. The summed E-state index contributed by atoms with van der Waals surface area (Å²) in [4.78, 5) is 10.8. The molecular formula is C9H17NO3. The molecule has 0 aromatic rings. The van der Waals surface area contributed by atoms with Gasteiger partial charge in [0.2, 0.25) is 0 Å². The first-order chi connectivity index (χ1) is 6.24. The lowest BCUT2D eigenvalue weighted by atomic mass is 10.2. The molecule has 4 nitrogen and oxygen atoms in total. The van der Waals surface area contributed by atoms with Crippen LogP contribution in [0.5, 0.6) is 0 Å². The zero-order valence-electron chi connectivity index (χ0n) is 7.95. The van der Waals surface area contributed by atoms with Gasteiger partial charge in [0.15, 0.2) is 6.10 Å². The van der Waals surface area contributed by atoms with Gasteiger partial charge in [0.25, 0.3) is 0 Å². The molecule has 0 bridgehead atoms. The predicted octanol–water partition coefficient (Wildman–Crippen LogP) is 0.0525. The van der Waals surface area contributed by atoms with Gasteiger partial charge in [0.05, 0.1) is 7.11 Å². The van der Waals surface area contributed by atoms with Gasteiger partial charge in [0.1, 0.15) is 0 Å². The van der Waals surface area contributed by atoms with Gasteiger partial charge in [-0.2, -0.15) is 0 Å². The normalized spacial score (nSPS) is 20.2. The molecule has 0 aromatic carbocycles. The number of methoxy groups -OCH3 is 1. The Kier molecular flexibility index (Phi) is 4.18. The molecule has 76 valence electrons.